The standard InChI is InChI=1S/C22H30N2O2/c1-17-11-13-20(14-12-17)23-22(3,4)21(26)24(15-8-16-25)18(2)19-9-6-5-7-10-19/h5-7,9-14,18,23,25H,8,15-16H2,1-4H3. The first-order valence-electron chi connectivity index (χ1n) is 9.17. The molecule has 26 heavy (non-hydrogen) atoms. The fourth-order valence-electron chi connectivity index (χ4n) is 3.03. The van der Waals surface area contributed by atoms with Crippen molar-refractivity contribution >= 4 is 11.6 Å². The third-order valence-corrected chi connectivity index (χ3v) is 4.61. The number of carbonyl (C=O) groups excluding carboxylic acids is 1. The Hall–Kier alpha value is -2.33. The predicted octanol–water partition coefficient (Wildman–Crippen LogP) is 4.16. The van der Waals surface area contributed by atoms with Crippen molar-refractivity contribution in [2.45, 2.75) is 45.7 Å². The zero-order valence-electron chi connectivity index (χ0n) is 16.2. The van der Waals surface area contributed by atoms with Crippen molar-refractivity contribution in [3.63, 3.8) is 0 Å². The molecule has 0 saturated carbocycles. The van der Waals surface area contributed by atoms with Crippen LogP contribution in [0.15, 0.2) is 54.6 Å². The Morgan fingerprint density at radius 3 is 2.31 bits per heavy atom. The van der Waals surface area contributed by atoms with Gasteiger partial charge >= 0.3 is 0 Å². The summed E-state index contributed by atoms with van der Waals surface area (Å²) in [6.07, 6.45) is 0.559. The molecule has 0 radical (unpaired) electrons. The summed E-state index contributed by atoms with van der Waals surface area (Å²) in [7, 11) is 0. The number of nitrogens with zero attached hydrogens (tertiary/aromatic N) is 1. The van der Waals surface area contributed by atoms with Crippen molar-refractivity contribution < 1.29 is 9.90 Å². The van der Waals surface area contributed by atoms with E-state index in [2.05, 4.69) is 5.32 Å². The molecule has 0 aliphatic heterocycles. The minimum Gasteiger partial charge on any atom is -0.396 e. The van der Waals surface area contributed by atoms with Crippen LogP contribution in [0.2, 0.25) is 0 Å². The fourth-order valence-corrected chi connectivity index (χ4v) is 3.03. The minimum absolute atomic E-state index is 0.0166. The first kappa shape index (κ1) is 20.0. The number of nitrogens with one attached hydrogen (secondary N) is 1. The summed E-state index contributed by atoms with van der Waals surface area (Å²) in [5.74, 6) is 0.0166. The van der Waals surface area contributed by atoms with Gasteiger partial charge in [0.2, 0.25) is 5.91 Å². The molecule has 0 bridgehead atoms. The molecular weight excluding hydrogens is 324 g/mol. The van der Waals surface area contributed by atoms with Crippen molar-refractivity contribution in [3.8, 4) is 0 Å². The molecule has 0 spiro atoms. The number of aliphatic hydroxyl groups is 1. The average Bonchev–Trinajstić information content (AvgIpc) is 2.64. The topological polar surface area (TPSA) is 52.6 Å². The Labute approximate surface area is 156 Å². The number of anilines is 1. The third kappa shape index (κ3) is 5.09. The summed E-state index contributed by atoms with van der Waals surface area (Å²) in [4.78, 5) is 15.2. The molecule has 0 heterocycles. The van der Waals surface area contributed by atoms with Gasteiger partial charge in [-0.15, -0.1) is 0 Å². The van der Waals surface area contributed by atoms with Crippen LogP contribution in [0, 0.1) is 6.92 Å². The number of benzene rings is 2. The van der Waals surface area contributed by atoms with E-state index in [9.17, 15) is 9.90 Å². The number of aliphatic hydroxyl groups excluding tert-OH is 1. The lowest BCUT2D eigenvalue weighted by molar-refractivity contribution is -0.137. The SMILES string of the molecule is Cc1ccc(NC(C)(C)C(=O)N(CCCO)C(C)c2ccccc2)cc1. The number of aryl methyl sites for hydroxylation is 1. The molecule has 0 fully saturated rings. The van der Waals surface area contributed by atoms with Gasteiger partial charge in [0.1, 0.15) is 5.54 Å². The lowest BCUT2D eigenvalue weighted by Crippen LogP contribution is -2.51. The van der Waals surface area contributed by atoms with Crippen LogP contribution in [-0.4, -0.2) is 34.6 Å². The molecule has 0 aliphatic rings. The summed E-state index contributed by atoms with van der Waals surface area (Å²) in [5, 5.41) is 12.6. The maximum atomic E-state index is 13.3. The van der Waals surface area contributed by atoms with E-state index in [0.29, 0.717) is 13.0 Å². The highest BCUT2D eigenvalue weighted by molar-refractivity contribution is 5.89. The van der Waals surface area contributed by atoms with Gasteiger partial charge in [-0.1, -0.05) is 48.0 Å². The molecule has 1 amide bonds. The van der Waals surface area contributed by atoms with E-state index in [1.807, 2.05) is 87.2 Å². The maximum Gasteiger partial charge on any atom is 0.248 e. The molecule has 2 rings (SSSR count). The van der Waals surface area contributed by atoms with E-state index in [1.54, 1.807) is 0 Å². The fraction of sp³-hybridized carbons (Fsp3) is 0.409. The van der Waals surface area contributed by atoms with Gasteiger partial charge in [-0.2, -0.15) is 0 Å². The Bertz CT molecular complexity index is 696. The van der Waals surface area contributed by atoms with Crippen LogP contribution >= 0.6 is 0 Å². The zero-order chi connectivity index (χ0) is 19.2. The lowest BCUT2D eigenvalue weighted by Gasteiger charge is -2.37. The van der Waals surface area contributed by atoms with Crippen molar-refractivity contribution in [2.75, 3.05) is 18.5 Å². The highest BCUT2D eigenvalue weighted by atomic mass is 16.3. The van der Waals surface area contributed by atoms with Crippen LogP contribution in [0.1, 0.15) is 44.4 Å². The Balaban J connectivity index is 2.22. The van der Waals surface area contributed by atoms with Gasteiger partial charge in [-0.3, -0.25) is 4.79 Å². The van der Waals surface area contributed by atoms with E-state index in [0.717, 1.165) is 11.3 Å². The van der Waals surface area contributed by atoms with E-state index in [4.69, 9.17) is 0 Å². The van der Waals surface area contributed by atoms with Crippen molar-refractivity contribution in [1.82, 2.24) is 4.90 Å². The second kappa shape index (κ2) is 8.86. The number of amides is 1. The third-order valence-electron chi connectivity index (χ3n) is 4.61. The maximum absolute atomic E-state index is 13.3. The summed E-state index contributed by atoms with van der Waals surface area (Å²) in [6.45, 7) is 8.46. The van der Waals surface area contributed by atoms with E-state index in [1.165, 1.54) is 5.56 Å². The number of hydrogen-bond acceptors (Lipinski definition) is 3. The number of carbonyl (C=O) groups is 1. The van der Waals surface area contributed by atoms with E-state index < -0.39 is 5.54 Å². The summed E-state index contributed by atoms with van der Waals surface area (Å²) >= 11 is 0. The molecule has 0 aliphatic carbocycles. The van der Waals surface area contributed by atoms with Crippen molar-refractivity contribution in [3.05, 3.63) is 65.7 Å². The highest BCUT2D eigenvalue weighted by Gasteiger charge is 2.34. The molecule has 2 aromatic carbocycles. The van der Waals surface area contributed by atoms with Gasteiger partial charge in [-0.25, -0.2) is 0 Å². The smallest absolute Gasteiger partial charge is 0.248 e. The molecule has 0 aromatic heterocycles. The molecule has 2 aromatic rings. The van der Waals surface area contributed by atoms with Crippen LogP contribution in [0.25, 0.3) is 0 Å². The lowest BCUT2D eigenvalue weighted by atomic mass is 9.99. The molecule has 1 atom stereocenters. The van der Waals surface area contributed by atoms with Gasteiger partial charge in [0, 0.05) is 18.8 Å². The minimum atomic E-state index is -0.756. The molecular formula is C22H30N2O2. The largest absolute Gasteiger partial charge is 0.396 e. The second-order valence-corrected chi connectivity index (χ2v) is 7.28. The van der Waals surface area contributed by atoms with Crippen molar-refractivity contribution in [2.24, 2.45) is 0 Å². The molecule has 4 heteroatoms. The van der Waals surface area contributed by atoms with Crippen molar-refractivity contribution in [1.29, 1.82) is 0 Å². The second-order valence-electron chi connectivity index (χ2n) is 7.28. The molecule has 4 nitrogen and oxygen atoms in total. The first-order valence-corrected chi connectivity index (χ1v) is 9.17. The highest BCUT2D eigenvalue weighted by Crippen LogP contribution is 2.25. The Morgan fingerprint density at radius 1 is 1.12 bits per heavy atom. The zero-order valence-corrected chi connectivity index (χ0v) is 16.2. The van der Waals surface area contributed by atoms with Gasteiger partial charge in [0.25, 0.3) is 0 Å². The molecule has 0 saturated heterocycles. The molecule has 2 N–H and O–H groups in total. The Morgan fingerprint density at radius 2 is 1.73 bits per heavy atom. The number of rotatable bonds is 8. The van der Waals surface area contributed by atoms with Crippen LogP contribution < -0.4 is 5.32 Å². The van der Waals surface area contributed by atoms with Gasteiger partial charge in [-0.05, 0) is 51.8 Å². The summed E-state index contributed by atoms with van der Waals surface area (Å²) in [5.41, 5.74) is 2.43. The van der Waals surface area contributed by atoms with Gasteiger partial charge in [0.05, 0.1) is 6.04 Å². The van der Waals surface area contributed by atoms with Crippen LogP contribution in [0.5, 0.6) is 0 Å². The van der Waals surface area contributed by atoms with Crippen LogP contribution in [0.3, 0.4) is 0 Å². The summed E-state index contributed by atoms with van der Waals surface area (Å²) < 4.78 is 0. The van der Waals surface area contributed by atoms with Crippen LogP contribution in [-0.2, 0) is 4.79 Å². The molecule has 1 unspecified atom stereocenters. The normalized spacial score (nSPS) is 12.5. The monoisotopic (exact) mass is 354 g/mol. The van der Waals surface area contributed by atoms with E-state index >= 15 is 0 Å². The predicted molar refractivity (Wildman–Crippen MR) is 107 cm³/mol. The average molecular weight is 354 g/mol. The number of hydrogen-bond donors (Lipinski definition) is 2. The quantitative estimate of drug-likeness (QED) is 0.748. The first-order chi connectivity index (χ1) is 12.3. The Kier molecular flexibility index (Phi) is 6.81. The van der Waals surface area contributed by atoms with Gasteiger partial charge in [0.15, 0.2) is 0 Å². The van der Waals surface area contributed by atoms with E-state index in [-0.39, 0.29) is 18.6 Å². The van der Waals surface area contributed by atoms with Crippen LogP contribution in [0.4, 0.5) is 5.69 Å². The summed E-state index contributed by atoms with van der Waals surface area (Å²) in [6, 6.07) is 18.0. The molecule has 140 valence electrons. The van der Waals surface area contributed by atoms with Gasteiger partial charge < -0.3 is 15.3 Å².